The highest BCUT2D eigenvalue weighted by molar-refractivity contribution is 6.06. The van der Waals surface area contributed by atoms with Crippen LogP contribution in [0.15, 0.2) is 53.5 Å². The molecular formula is C24H28N6O2. The molecule has 2 aromatic carbocycles. The Hall–Kier alpha value is -3.86. The van der Waals surface area contributed by atoms with Crippen LogP contribution in [0.3, 0.4) is 0 Å². The lowest BCUT2D eigenvalue weighted by molar-refractivity contribution is -0.131. The Balaban J connectivity index is 1.58. The van der Waals surface area contributed by atoms with Crippen molar-refractivity contribution in [3.05, 3.63) is 65.2 Å². The molecule has 8 nitrogen and oxygen atoms in total. The summed E-state index contributed by atoms with van der Waals surface area (Å²) in [6, 6.07) is 15.9. The monoisotopic (exact) mass is 432 g/mol. The van der Waals surface area contributed by atoms with Crippen molar-refractivity contribution in [3.8, 4) is 6.07 Å². The zero-order chi connectivity index (χ0) is 23.3. The highest BCUT2D eigenvalue weighted by atomic mass is 16.2. The van der Waals surface area contributed by atoms with Crippen LogP contribution in [-0.2, 0) is 17.9 Å². The quantitative estimate of drug-likeness (QED) is 0.621. The first kappa shape index (κ1) is 22.8. The molecule has 8 heteroatoms. The zero-order valence-corrected chi connectivity index (χ0v) is 18.6. The van der Waals surface area contributed by atoms with Crippen LogP contribution < -0.4 is 16.4 Å². The van der Waals surface area contributed by atoms with Gasteiger partial charge in [0.15, 0.2) is 5.96 Å². The lowest BCUT2D eigenvalue weighted by atomic mass is 9.91. The van der Waals surface area contributed by atoms with Gasteiger partial charge in [-0.3, -0.25) is 9.69 Å². The number of rotatable bonds is 7. The minimum Gasteiger partial charge on any atom is -0.369 e. The average molecular weight is 433 g/mol. The summed E-state index contributed by atoms with van der Waals surface area (Å²) >= 11 is 0. The predicted octanol–water partition coefficient (Wildman–Crippen LogP) is 3.34. The molecule has 3 rings (SSSR count). The number of carbonyl (C=O) groups excluding carboxylic acids is 2. The molecule has 0 spiro atoms. The number of amides is 3. The van der Waals surface area contributed by atoms with Crippen molar-refractivity contribution in [1.29, 1.82) is 5.26 Å². The van der Waals surface area contributed by atoms with Gasteiger partial charge in [0.1, 0.15) is 5.54 Å². The first-order chi connectivity index (χ1) is 15.2. The summed E-state index contributed by atoms with van der Waals surface area (Å²) in [5, 5.41) is 14.4. The van der Waals surface area contributed by atoms with Crippen LogP contribution in [0, 0.1) is 17.2 Å². The first-order valence-electron chi connectivity index (χ1n) is 10.5. The summed E-state index contributed by atoms with van der Waals surface area (Å²) in [5.74, 6) is 0.475. The fraction of sp³-hybridized carbons (Fsp3) is 0.333. The SMILES string of the molecule is CC(C)CC1(C)N=C(N)N(Cc2cccc(CNC(=O)Nc3ccc(C#N)cc3)c2)C1=O. The number of aliphatic imine (C=N–C) groups is 1. The minimum absolute atomic E-state index is 0.0889. The minimum atomic E-state index is -0.819. The van der Waals surface area contributed by atoms with E-state index in [4.69, 9.17) is 11.0 Å². The molecule has 1 aliphatic rings. The van der Waals surface area contributed by atoms with E-state index in [0.717, 1.165) is 11.1 Å². The van der Waals surface area contributed by atoms with E-state index in [9.17, 15) is 9.59 Å². The highest BCUT2D eigenvalue weighted by Gasteiger charge is 2.43. The van der Waals surface area contributed by atoms with Gasteiger partial charge in [0.25, 0.3) is 5.91 Å². The van der Waals surface area contributed by atoms with Crippen molar-refractivity contribution in [2.24, 2.45) is 16.6 Å². The number of nitrogens with one attached hydrogen (secondary N) is 2. The lowest BCUT2D eigenvalue weighted by Crippen LogP contribution is -2.43. The third kappa shape index (κ3) is 5.43. The number of carbonyl (C=O) groups is 2. The van der Waals surface area contributed by atoms with Crippen LogP contribution in [0.2, 0.25) is 0 Å². The van der Waals surface area contributed by atoms with Crippen molar-refractivity contribution in [2.45, 2.75) is 45.8 Å². The van der Waals surface area contributed by atoms with Gasteiger partial charge in [0.2, 0.25) is 0 Å². The molecule has 3 amide bonds. The number of hydrogen-bond acceptors (Lipinski definition) is 5. The standard InChI is InChI=1S/C24H28N6O2/c1-16(2)12-24(3)21(31)30(22(26)29-24)15-19-6-4-5-18(11-19)14-27-23(32)28-20-9-7-17(13-25)8-10-20/h4-11,16H,12,14-15H2,1-3H3,(H2,26,29)(H2,27,28,32). The van der Waals surface area contributed by atoms with Gasteiger partial charge in [-0.05, 0) is 54.7 Å². The second-order valence-electron chi connectivity index (χ2n) is 8.55. The molecular weight excluding hydrogens is 404 g/mol. The van der Waals surface area contributed by atoms with Gasteiger partial charge in [0, 0.05) is 12.2 Å². The molecule has 2 aromatic rings. The molecule has 0 saturated carbocycles. The van der Waals surface area contributed by atoms with E-state index in [2.05, 4.69) is 29.5 Å². The largest absolute Gasteiger partial charge is 0.369 e. The summed E-state index contributed by atoms with van der Waals surface area (Å²) < 4.78 is 0. The maximum absolute atomic E-state index is 12.9. The van der Waals surface area contributed by atoms with Gasteiger partial charge in [-0.15, -0.1) is 0 Å². The van der Waals surface area contributed by atoms with Crippen molar-refractivity contribution in [3.63, 3.8) is 0 Å². The Labute approximate surface area is 188 Å². The van der Waals surface area contributed by atoms with E-state index in [-0.39, 0.29) is 17.9 Å². The van der Waals surface area contributed by atoms with E-state index in [1.165, 1.54) is 4.90 Å². The van der Waals surface area contributed by atoms with Crippen LogP contribution in [-0.4, -0.2) is 28.3 Å². The number of nitriles is 1. The first-order valence-corrected chi connectivity index (χ1v) is 10.5. The molecule has 166 valence electrons. The van der Waals surface area contributed by atoms with Crippen LogP contribution in [0.4, 0.5) is 10.5 Å². The van der Waals surface area contributed by atoms with Crippen LogP contribution in [0.25, 0.3) is 0 Å². The Morgan fingerprint density at radius 1 is 1.22 bits per heavy atom. The number of guanidine groups is 1. The summed E-state index contributed by atoms with van der Waals surface area (Å²) in [6.45, 7) is 6.59. The topological polar surface area (TPSA) is 124 Å². The third-order valence-electron chi connectivity index (χ3n) is 5.21. The smallest absolute Gasteiger partial charge is 0.319 e. The Morgan fingerprint density at radius 2 is 1.91 bits per heavy atom. The Bertz CT molecular complexity index is 1070. The number of nitrogens with two attached hydrogens (primary N) is 1. The third-order valence-corrected chi connectivity index (χ3v) is 5.21. The molecule has 4 N–H and O–H groups in total. The van der Waals surface area contributed by atoms with Gasteiger partial charge in [-0.1, -0.05) is 38.1 Å². The number of benzene rings is 2. The fourth-order valence-corrected chi connectivity index (χ4v) is 3.84. The van der Waals surface area contributed by atoms with E-state index < -0.39 is 5.54 Å². The van der Waals surface area contributed by atoms with Crippen LogP contribution in [0.1, 0.15) is 43.9 Å². The maximum Gasteiger partial charge on any atom is 0.319 e. The molecule has 1 unspecified atom stereocenters. The molecule has 1 atom stereocenters. The zero-order valence-electron chi connectivity index (χ0n) is 18.6. The molecule has 0 bridgehead atoms. The molecule has 1 heterocycles. The van der Waals surface area contributed by atoms with Gasteiger partial charge in [-0.2, -0.15) is 5.26 Å². The van der Waals surface area contributed by atoms with E-state index >= 15 is 0 Å². The van der Waals surface area contributed by atoms with Gasteiger partial charge >= 0.3 is 6.03 Å². The number of urea groups is 1. The number of hydrogen-bond donors (Lipinski definition) is 3. The number of nitrogens with zero attached hydrogens (tertiary/aromatic N) is 3. The predicted molar refractivity (Wildman–Crippen MR) is 123 cm³/mol. The van der Waals surface area contributed by atoms with Gasteiger partial charge < -0.3 is 16.4 Å². The number of anilines is 1. The Morgan fingerprint density at radius 3 is 2.56 bits per heavy atom. The molecule has 0 aromatic heterocycles. The molecule has 32 heavy (non-hydrogen) atoms. The summed E-state index contributed by atoms with van der Waals surface area (Å²) in [5.41, 5.74) is 8.17. The summed E-state index contributed by atoms with van der Waals surface area (Å²) in [4.78, 5) is 31.1. The van der Waals surface area contributed by atoms with Crippen molar-refractivity contribution in [2.75, 3.05) is 5.32 Å². The van der Waals surface area contributed by atoms with Crippen LogP contribution >= 0.6 is 0 Å². The second-order valence-corrected chi connectivity index (χ2v) is 8.55. The summed E-state index contributed by atoms with van der Waals surface area (Å²) in [7, 11) is 0. The van der Waals surface area contributed by atoms with Crippen LogP contribution in [0.5, 0.6) is 0 Å². The van der Waals surface area contributed by atoms with E-state index in [1.807, 2.05) is 37.3 Å². The average Bonchev–Trinajstić information content (AvgIpc) is 2.95. The highest BCUT2D eigenvalue weighted by Crippen LogP contribution is 2.29. The van der Waals surface area contributed by atoms with E-state index in [1.54, 1.807) is 24.3 Å². The van der Waals surface area contributed by atoms with Crippen molar-refractivity contribution < 1.29 is 9.59 Å². The Kier molecular flexibility index (Phi) is 6.79. The molecule has 0 aliphatic carbocycles. The maximum atomic E-state index is 12.9. The normalized spacial score (nSPS) is 17.8. The van der Waals surface area contributed by atoms with E-state index in [0.29, 0.717) is 36.7 Å². The second kappa shape index (κ2) is 9.52. The lowest BCUT2D eigenvalue weighted by Gasteiger charge is -2.23. The van der Waals surface area contributed by atoms with Gasteiger partial charge in [-0.25, -0.2) is 9.79 Å². The molecule has 1 aliphatic heterocycles. The fourth-order valence-electron chi connectivity index (χ4n) is 3.84. The molecule has 0 saturated heterocycles. The molecule has 0 radical (unpaired) electrons. The molecule has 0 fully saturated rings. The van der Waals surface area contributed by atoms with Crippen molar-refractivity contribution in [1.82, 2.24) is 10.2 Å². The van der Waals surface area contributed by atoms with Gasteiger partial charge in [0.05, 0.1) is 18.2 Å². The summed E-state index contributed by atoms with van der Waals surface area (Å²) in [6.07, 6.45) is 0.640. The van der Waals surface area contributed by atoms with Crippen molar-refractivity contribution >= 4 is 23.6 Å².